The Morgan fingerprint density at radius 3 is 1.16 bits per heavy atom. The number of hydrogen-bond donors (Lipinski definition) is 0. The van der Waals surface area contributed by atoms with Gasteiger partial charge >= 0.3 is 0 Å². The Kier molecular flexibility index (Phi) is 17.4. The molecule has 0 saturated carbocycles. The lowest BCUT2D eigenvalue weighted by Gasteiger charge is -2.02. The third kappa shape index (κ3) is 17.7. The van der Waals surface area contributed by atoms with Gasteiger partial charge in [0.05, 0.1) is 0 Å². The highest BCUT2D eigenvalue weighted by atomic mass is 16.1. The number of carbonyl (C=O) groups excluding carboxylic acids is 1. The van der Waals surface area contributed by atoms with Gasteiger partial charge in [-0.25, -0.2) is 0 Å². The van der Waals surface area contributed by atoms with E-state index < -0.39 is 0 Å². The van der Waals surface area contributed by atoms with E-state index in [0.29, 0.717) is 0 Å². The number of aldehydes is 1. The van der Waals surface area contributed by atoms with E-state index in [1.165, 1.54) is 83.5 Å². The minimum Gasteiger partial charge on any atom is -0.303 e. The molecule has 1 nitrogen and oxygen atoms in total. The number of unbranched alkanes of at least 4 members (excludes halogenated alkanes) is 15. The smallest absolute Gasteiger partial charge is 0.119 e. The van der Waals surface area contributed by atoms with Crippen molar-refractivity contribution in [3.8, 4) is 0 Å². The molecule has 0 bridgehead atoms. The highest BCUT2D eigenvalue weighted by molar-refractivity contribution is 5.48. The summed E-state index contributed by atoms with van der Waals surface area (Å²) in [4.78, 5) is 10.1. The Bertz CT molecular complexity index is 165. The average Bonchev–Trinajstić information content (AvgIpc) is 2.43. The maximum atomic E-state index is 10.1. The van der Waals surface area contributed by atoms with Crippen molar-refractivity contribution in [3.63, 3.8) is 0 Å². The van der Waals surface area contributed by atoms with E-state index in [1.807, 2.05) is 0 Å². The molecule has 0 aromatic rings. The van der Waals surface area contributed by atoms with Gasteiger partial charge in [-0.15, -0.1) is 0 Å². The van der Waals surface area contributed by atoms with Gasteiger partial charge in [-0.1, -0.05) is 96.8 Å². The van der Waals surface area contributed by atoms with Crippen LogP contribution in [0.1, 0.15) is 103 Å². The fraction of sp³-hybridized carbons (Fsp3) is 0.889. The first-order valence-corrected chi connectivity index (χ1v) is 8.64. The maximum absolute atomic E-state index is 10.1. The van der Waals surface area contributed by atoms with Gasteiger partial charge in [-0.3, -0.25) is 0 Å². The molecule has 0 N–H and O–H groups in total. The molecule has 1 heteroatoms. The molecule has 0 aromatic heterocycles. The Balaban J connectivity index is 2.89. The molecule has 0 unspecified atom stereocenters. The van der Waals surface area contributed by atoms with Crippen LogP contribution < -0.4 is 0 Å². The fourth-order valence-corrected chi connectivity index (χ4v) is 2.53. The molecule has 113 valence electrons. The zero-order chi connectivity index (χ0) is 14.0. The minimum atomic E-state index is 0.759. The largest absolute Gasteiger partial charge is 0.303 e. The SMILES string of the molecule is [CH2]CCCCCCCCCCCCCCCCC=O. The van der Waals surface area contributed by atoms with Crippen LogP contribution in [0.25, 0.3) is 0 Å². The summed E-state index contributed by atoms with van der Waals surface area (Å²) >= 11 is 0. The number of hydrogen-bond acceptors (Lipinski definition) is 1. The Labute approximate surface area is 121 Å². The summed E-state index contributed by atoms with van der Waals surface area (Å²) in [5.41, 5.74) is 0. The van der Waals surface area contributed by atoms with Crippen LogP contribution >= 0.6 is 0 Å². The minimum absolute atomic E-state index is 0.759. The number of carbonyl (C=O) groups is 1. The van der Waals surface area contributed by atoms with Crippen molar-refractivity contribution in [2.75, 3.05) is 0 Å². The lowest BCUT2D eigenvalue weighted by Crippen LogP contribution is -1.83. The zero-order valence-electron chi connectivity index (χ0n) is 13.0. The summed E-state index contributed by atoms with van der Waals surface area (Å²) in [6.07, 6.45) is 22.0. The normalized spacial score (nSPS) is 10.8. The van der Waals surface area contributed by atoms with Crippen LogP contribution in [0.2, 0.25) is 0 Å². The molecule has 19 heavy (non-hydrogen) atoms. The Morgan fingerprint density at radius 1 is 0.526 bits per heavy atom. The van der Waals surface area contributed by atoms with E-state index in [-0.39, 0.29) is 0 Å². The fourth-order valence-electron chi connectivity index (χ4n) is 2.53. The number of rotatable bonds is 16. The van der Waals surface area contributed by atoms with Crippen molar-refractivity contribution in [2.45, 2.75) is 103 Å². The molecule has 0 aromatic carbocycles. The molecule has 0 amide bonds. The summed E-state index contributed by atoms with van der Waals surface area (Å²) in [5.74, 6) is 0. The first-order valence-electron chi connectivity index (χ1n) is 8.64. The van der Waals surface area contributed by atoms with Gasteiger partial charge in [0, 0.05) is 6.42 Å². The van der Waals surface area contributed by atoms with Gasteiger partial charge in [-0.2, -0.15) is 0 Å². The zero-order valence-corrected chi connectivity index (χ0v) is 13.0. The second-order valence-corrected chi connectivity index (χ2v) is 5.76. The third-order valence-corrected chi connectivity index (χ3v) is 3.82. The molecule has 0 aliphatic carbocycles. The predicted molar refractivity (Wildman–Crippen MR) is 85.3 cm³/mol. The van der Waals surface area contributed by atoms with Crippen molar-refractivity contribution >= 4 is 6.29 Å². The van der Waals surface area contributed by atoms with Crippen LogP contribution in [0, 0.1) is 6.92 Å². The molecule has 1 radical (unpaired) electrons. The van der Waals surface area contributed by atoms with Crippen molar-refractivity contribution in [3.05, 3.63) is 6.92 Å². The van der Waals surface area contributed by atoms with Crippen molar-refractivity contribution < 1.29 is 4.79 Å². The molecule has 0 aliphatic rings. The summed E-state index contributed by atoms with van der Waals surface area (Å²) in [7, 11) is 0. The highest BCUT2D eigenvalue weighted by Gasteiger charge is 1.94. The van der Waals surface area contributed by atoms with Crippen LogP contribution in [-0.4, -0.2) is 6.29 Å². The summed E-state index contributed by atoms with van der Waals surface area (Å²) in [5, 5.41) is 0. The monoisotopic (exact) mass is 267 g/mol. The van der Waals surface area contributed by atoms with Crippen LogP contribution in [0.4, 0.5) is 0 Å². The predicted octanol–water partition coefficient (Wildman–Crippen LogP) is 6.26. The van der Waals surface area contributed by atoms with Crippen molar-refractivity contribution in [1.29, 1.82) is 0 Å². The molecule has 0 heterocycles. The molecule has 0 saturated heterocycles. The van der Waals surface area contributed by atoms with Gasteiger partial charge in [-0.05, 0) is 6.42 Å². The highest BCUT2D eigenvalue weighted by Crippen LogP contribution is 2.13. The second-order valence-electron chi connectivity index (χ2n) is 5.76. The molecular formula is C18H35O. The standard InChI is InChI=1S/C18H35O/c1-2-3-4-5-6-7-8-9-10-11-12-13-14-15-16-17-18-19/h18H,1-17H2. The third-order valence-electron chi connectivity index (χ3n) is 3.82. The topological polar surface area (TPSA) is 17.1 Å². The molecule has 0 fully saturated rings. The molecular weight excluding hydrogens is 232 g/mol. The van der Waals surface area contributed by atoms with Crippen LogP contribution in [0.5, 0.6) is 0 Å². The molecule has 0 rings (SSSR count). The van der Waals surface area contributed by atoms with Crippen molar-refractivity contribution in [1.82, 2.24) is 0 Å². The first-order chi connectivity index (χ1) is 9.41. The van der Waals surface area contributed by atoms with Gasteiger partial charge in [0.15, 0.2) is 0 Å². The van der Waals surface area contributed by atoms with Crippen LogP contribution in [0.15, 0.2) is 0 Å². The van der Waals surface area contributed by atoms with Gasteiger partial charge in [0.2, 0.25) is 0 Å². The Morgan fingerprint density at radius 2 is 0.842 bits per heavy atom. The van der Waals surface area contributed by atoms with Crippen molar-refractivity contribution in [2.24, 2.45) is 0 Å². The van der Waals surface area contributed by atoms with E-state index in [2.05, 4.69) is 6.92 Å². The van der Waals surface area contributed by atoms with E-state index >= 15 is 0 Å². The van der Waals surface area contributed by atoms with E-state index in [1.54, 1.807) is 0 Å². The Hall–Kier alpha value is -0.330. The first kappa shape index (κ1) is 18.7. The van der Waals surface area contributed by atoms with Gasteiger partial charge in [0.1, 0.15) is 6.29 Å². The van der Waals surface area contributed by atoms with Crippen LogP contribution in [-0.2, 0) is 4.79 Å². The van der Waals surface area contributed by atoms with E-state index in [9.17, 15) is 4.79 Å². The van der Waals surface area contributed by atoms with E-state index in [0.717, 1.165) is 25.5 Å². The van der Waals surface area contributed by atoms with Gasteiger partial charge in [0.25, 0.3) is 0 Å². The lowest BCUT2D eigenvalue weighted by atomic mass is 10.0. The summed E-state index contributed by atoms with van der Waals surface area (Å²) in [6, 6.07) is 0. The second kappa shape index (κ2) is 17.7. The van der Waals surface area contributed by atoms with E-state index in [4.69, 9.17) is 0 Å². The van der Waals surface area contributed by atoms with Gasteiger partial charge < -0.3 is 4.79 Å². The average molecular weight is 267 g/mol. The summed E-state index contributed by atoms with van der Waals surface area (Å²) in [6.45, 7) is 3.87. The molecule has 0 aliphatic heterocycles. The summed E-state index contributed by atoms with van der Waals surface area (Å²) < 4.78 is 0. The maximum Gasteiger partial charge on any atom is 0.119 e. The molecule has 0 spiro atoms. The quantitative estimate of drug-likeness (QED) is 0.238. The lowest BCUT2D eigenvalue weighted by molar-refractivity contribution is -0.107. The van der Waals surface area contributed by atoms with Crippen LogP contribution in [0.3, 0.4) is 0 Å². The molecule has 0 atom stereocenters.